The first-order valence-corrected chi connectivity index (χ1v) is 9.66. The van der Waals surface area contributed by atoms with Crippen molar-refractivity contribution in [1.82, 2.24) is 15.5 Å². The van der Waals surface area contributed by atoms with E-state index >= 15 is 0 Å². The highest BCUT2D eigenvalue weighted by atomic mass is 127. The Morgan fingerprint density at radius 3 is 2.78 bits per heavy atom. The van der Waals surface area contributed by atoms with Crippen molar-refractivity contribution in [1.29, 1.82) is 0 Å². The molecule has 0 spiro atoms. The molecule has 6 heteroatoms. The van der Waals surface area contributed by atoms with Crippen LogP contribution in [0.3, 0.4) is 0 Å². The van der Waals surface area contributed by atoms with E-state index in [2.05, 4.69) is 38.7 Å². The molecule has 0 saturated heterocycles. The largest absolute Gasteiger partial charge is 0.492 e. The summed E-state index contributed by atoms with van der Waals surface area (Å²) in [5.41, 5.74) is 2.77. The zero-order valence-electron chi connectivity index (χ0n) is 17.0. The van der Waals surface area contributed by atoms with Crippen molar-refractivity contribution in [2.75, 3.05) is 40.8 Å². The van der Waals surface area contributed by atoms with E-state index in [9.17, 15) is 0 Å². The third-order valence-corrected chi connectivity index (χ3v) is 4.51. The summed E-state index contributed by atoms with van der Waals surface area (Å²) in [7, 11) is 5.91. The van der Waals surface area contributed by atoms with Gasteiger partial charge in [-0.15, -0.1) is 24.0 Å². The average Bonchev–Trinajstić information content (AvgIpc) is 2.65. The van der Waals surface area contributed by atoms with E-state index in [-0.39, 0.29) is 24.0 Å². The fraction of sp³-hybridized carbons (Fsp3) is 0.571. The van der Waals surface area contributed by atoms with Crippen molar-refractivity contribution in [2.24, 2.45) is 4.99 Å². The molecular formula is C21H35IN4O. The van der Waals surface area contributed by atoms with Gasteiger partial charge < -0.3 is 20.3 Å². The molecule has 0 bridgehead atoms. The van der Waals surface area contributed by atoms with Gasteiger partial charge in [-0.3, -0.25) is 4.99 Å². The Balaban J connectivity index is 0.00000364. The molecule has 0 unspecified atom stereocenters. The van der Waals surface area contributed by atoms with Crippen molar-refractivity contribution in [3.8, 4) is 5.75 Å². The lowest BCUT2D eigenvalue weighted by molar-refractivity contribution is 0.261. The highest BCUT2D eigenvalue weighted by Gasteiger charge is 2.04. The standard InChI is InChI=1S/C21H34N4O.HI/c1-22-21(23-13-12-18-8-5-4-6-9-18)24-17-19-10-7-11-20(16-19)26-15-14-25(2)3;/h7-8,10-11,16H,4-6,9,12-15,17H2,1-3H3,(H2,22,23,24);1H. The van der Waals surface area contributed by atoms with Crippen LogP contribution in [0.1, 0.15) is 37.7 Å². The van der Waals surface area contributed by atoms with Crippen molar-refractivity contribution < 1.29 is 4.74 Å². The number of nitrogens with zero attached hydrogens (tertiary/aromatic N) is 2. The maximum Gasteiger partial charge on any atom is 0.191 e. The number of allylic oxidation sites excluding steroid dienone is 1. The predicted molar refractivity (Wildman–Crippen MR) is 125 cm³/mol. The number of ether oxygens (including phenoxy) is 1. The minimum Gasteiger partial charge on any atom is -0.492 e. The maximum absolute atomic E-state index is 5.80. The second-order valence-corrected chi connectivity index (χ2v) is 7.01. The number of likely N-dealkylation sites (N-methyl/N-ethyl adjacent to an activating group) is 1. The van der Waals surface area contributed by atoms with E-state index in [0.717, 1.165) is 37.8 Å². The summed E-state index contributed by atoms with van der Waals surface area (Å²) < 4.78 is 5.80. The highest BCUT2D eigenvalue weighted by Crippen LogP contribution is 2.19. The van der Waals surface area contributed by atoms with E-state index in [1.165, 1.54) is 31.2 Å². The normalized spacial score (nSPS) is 14.4. The molecule has 0 heterocycles. The summed E-state index contributed by atoms with van der Waals surface area (Å²) >= 11 is 0. The van der Waals surface area contributed by atoms with Gasteiger partial charge in [-0.2, -0.15) is 0 Å². The summed E-state index contributed by atoms with van der Waals surface area (Å²) in [5.74, 6) is 1.76. The van der Waals surface area contributed by atoms with Gasteiger partial charge in [-0.1, -0.05) is 23.8 Å². The van der Waals surface area contributed by atoms with E-state index in [1.54, 1.807) is 5.57 Å². The number of aliphatic imine (C=N–C) groups is 1. The molecule has 1 aliphatic carbocycles. The molecule has 1 aromatic rings. The molecule has 1 aliphatic rings. The van der Waals surface area contributed by atoms with Gasteiger partial charge >= 0.3 is 0 Å². The number of hydrogen-bond donors (Lipinski definition) is 2. The van der Waals surface area contributed by atoms with Gasteiger partial charge in [0.25, 0.3) is 0 Å². The molecule has 0 saturated carbocycles. The van der Waals surface area contributed by atoms with E-state index in [0.29, 0.717) is 6.61 Å². The summed E-state index contributed by atoms with van der Waals surface area (Å²) in [4.78, 5) is 6.43. The molecule has 27 heavy (non-hydrogen) atoms. The minimum absolute atomic E-state index is 0. The molecule has 5 nitrogen and oxygen atoms in total. The molecule has 2 rings (SSSR count). The Bertz CT molecular complexity index is 602. The first-order chi connectivity index (χ1) is 12.7. The van der Waals surface area contributed by atoms with Gasteiger partial charge in [0.2, 0.25) is 0 Å². The van der Waals surface area contributed by atoms with Crippen LogP contribution in [0.25, 0.3) is 0 Å². The third kappa shape index (κ3) is 10.0. The molecule has 0 aliphatic heterocycles. The van der Waals surface area contributed by atoms with Gasteiger partial charge in [0, 0.05) is 26.7 Å². The Morgan fingerprint density at radius 1 is 1.22 bits per heavy atom. The molecule has 0 aromatic heterocycles. The quantitative estimate of drug-likeness (QED) is 0.241. The average molecular weight is 486 g/mol. The SMILES string of the molecule is CN=C(NCCC1=CCCCC1)NCc1cccc(OCCN(C)C)c1.I. The van der Waals surface area contributed by atoms with Crippen LogP contribution in [-0.2, 0) is 6.54 Å². The lowest BCUT2D eigenvalue weighted by atomic mass is 9.97. The van der Waals surface area contributed by atoms with Crippen LogP contribution in [0.15, 0.2) is 40.9 Å². The van der Waals surface area contributed by atoms with E-state index in [1.807, 2.05) is 33.3 Å². The van der Waals surface area contributed by atoms with Crippen molar-refractivity contribution in [2.45, 2.75) is 38.6 Å². The molecule has 0 fully saturated rings. The summed E-state index contributed by atoms with van der Waals surface area (Å²) in [5, 5.41) is 6.79. The van der Waals surface area contributed by atoms with Crippen LogP contribution in [0.2, 0.25) is 0 Å². The van der Waals surface area contributed by atoms with Crippen LogP contribution in [0, 0.1) is 0 Å². The first-order valence-electron chi connectivity index (χ1n) is 9.66. The lowest BCUT2D eigenvalue weighted by Crippen LogP contribution is -2.37. The number of guanidine groups is 1. The minimum atomic E-state index is 0. The fourth-order valence-electron chi connectivity index (χ4n) is 2.97. The zero-order chi connectivity index (χ0) is 18.6. The Morgan fingerprint density at radius 2 is 2.07 bits per heavy atom. The topological polar surface area (TPSA) is 48.9 Å². The van der Waals surface area contributed by atoms with E-state index in [4.69, 9.17) is 4.74 Å². The summed E-state index contributed by atoms with van der Waals surface area (Å²) in [6.07, 6.45) is 8.70. The number of nitrogens with one attached hydrogen (secondary N) is 2. The van der Waals surface area contributed by atoms with Crippen LogP contribution < -0.4 is 15.4 Å². The number of hydrogen-bond acceptors (Lipinski definition) is 3. The first kappa shape index (κ1) is 23.8. The lowest BCUT2D eigenvalue weighted by Gasteiger charge is -2.15. The van der Waals surface area contributed by atoms with Gasteiger partial charge in [0.15, 0.2) is 5.96 Å². The zero-order valence-corrected chi connectivity index (χ0v) is 19.3. The Labute approximate surface area is 181 Å². The maximum atomic E-state index is 5.80. The molecule has 1 aromatic carbocycles. The molecule has 0 atom stereocenters. The molecule has 0 radical (unpaired) electrons. The van der Waals surface area contributed by atoms with Crippen LogP contribution in [0.4, 0.5) is 0 Å². The number of benzene rings is 1. The Kier molecular flexibility index (Phi) is 12.2. The van der Waals surface area contributed by atoms with Crippen molar-refractivity contribution in [3.63, 3.8) is 0 Å². The second-order valence-electron chi connectivity index (χ2n) is 7.01. The van der Waals surface area contributed by atoms with Crippen LogP contribution in [0.5, 0.6) is 5.75 Å². The molecular weight excluding hydrogens is 451 g/mol. The molecule has 2 N–H and O–H groups in total. The van der Waals surface area contributed by atoms with Crippen LogP contribution in [-0.4, -0.2) is 51.7 Å². The van der Waals surface area contributed by atoms with Crippen molar-refractivity contribution in [3.05, 3.63) is 41.5 Å². The van der Waals surface area contributed by atoms with Gasteiger partial charge in [0.05, 0.1) is 0 Å². The third-order valence-electron chi connectivity index (χ3n) is 4.51. The summed E-state index contributed by atoms with van der Waals surface area (Å²) in [6, 6.07) is 8.23. The molecule has 152 valence electrons. The van der Waals surface area contributed by atoms with Gasteiger partial charge in [0.1, 0.15) is 12.4 Å². The predicted octanol–water partition coefficient (Wildman–Crippen LogP) is 3.80. The van der Waals surface area contributed by atoms with Crippen LogP contribution >= 0.6 is 24.0 Å². The van der Waals surface area contributed by atoms with Crippen molar-refractivity contribution >= 4 is 29.9 Å². The number of rotatable bonds is 9. The Hall–Kier alpha value is -1.28. The number of halogens is 1. The smallest absolute Gasteiger partial charge is 0.191 e. The summed E-state index contributed by atoms with van der Waals surface area (Å²) in [6.45, 7) is 3.27. The van der Waals surface area contributed by atoms with E-state index < -0.39 is 0 Å². The van der Waals surface area contributed by atoms with Gasteiger partial charge in [-0.25, -0.2) is 0 Å². The fourth-order valence-corrected chi connectivity index (χ4v) is 2.97. The second kappa shape index (κ2) is 13.8. The highest BCUT2D eigenvalue weighted by molar-refractivity contribution is 14.0. The monoisotopic (exact) mass is 486 g/mol. The molecule has 0 amide bonds. The van der Waals surface area contributed by atoms with Gasteiger partial charge in [-0.05, 0) is 63.9 Å².